The molecule has 0 aliphatic rings. The largest absolute Gasteiger partial charge is 0.396 e. The van der Waals surface area contributed by atoms with E-state index in [1.54, 1.807) is 35.3 Å². The standard InChI is InChI=1S/C14H18ClN3O2/c1-2-11(7-19)14(20,8-18-10-16-9-17-18)12-3-5-13(15)6-4-12/h3-6,9-11,19-20H,2,7-8H2,1H3. The SMILES string of the molecule is CCC(CO)C(O)(Cn1cncn1)c1ccc(Cl)cc1. The Morgan fingerprint density at radius 3 is 2.55 bits per heavy atom. The molecule has 1 aromatic heterocycles. The van der Waals surface area contributed by atoms with Gasteiger partial charge in [0.1, 0.15) is 18.3 Å². The third-order valence-corrected chi connectivity index (χ3v) is 3.85. The Bertz CT molecular complexity index is 526. The molecule has 2 rings (SSSR count). The van der Waals surface area contributed by atoms with E-state index in [4.69, 9.17) is 11.6 Å². The minimum Gasteiger partial charge on any atom is -0.396 e. The van der Waals surface area contributed by atoms with Crippen molar-refractivity contribution < 1.29 is 10.2 Å². The summed E-state index contributed by atoms with van der Waals surface area (Å²) in [5, 5.41) is 25.3. The number of benzene rings is 1. The summed E-state index contributed by atoms with van der Waals surface area (Å²) in [7, 11) is 0. The van der Waals surface area contributed by atoms with Crippen LogP contribution >= 0.6 is 11.6 Å². The molecule has 0 aliphatic heterocycles. The fraction of sp³-hybridized carbons (Fsp3) is 0.429. The van der Waals surface area contributed by atoms with Crippen molar-refractivity contribution in [3.8, 4) is 0 Å². The van der Waals surface area contributed by atoms with Gasteiger partial charge in [-0.15, -0.1) is 0 Å². The van der Waals surface area contributed by atoms with Crippen LogP contribution in [0.25, 0.3) is 0 Å². The lowest BCUT2D eigenvalue weighted by Gasteiger charge is -2.35. The summed E-state index contributed by atoms with van der Waals surface area (Å²) in [5.41, 5.74) is -0.514. The van der Waals surface area contributed by atoms with Gasteiger partial charge < -0.3 is 10.2 Å². The monoisotopic (exact) mass is 295 g/mol. The highest BCUT2D eigenvalue weighted by molar-refractivity contribution is 6.30. The number of hydrogen-bond donors (Lipinski definition) is 2. The summed E-state index contributed by atoms with van der Waals surface area (Å²) in [6, 6.07) is 7.01. The fourth-order valence-corrected chi connectivity index (χ4v) is 2.50. The number of aliphatic hydroxyl groups is 2. The zero-order valence-corrected chi connectivity index (χ0v) is 12.0. The normalized spacial score (nSPS) is 15.8. The van der Waals surface area contributed by atoms with Gasteiger partial charge in [0.2, 0.25) is 0 Å². The van der Waals surface area contributed by atoms with Gasteiger partial charge in [-0.05, 0) is 24.1 Å². The first kappa shape index (κ1) is 15.0. The van der Waals surface area contributed by atoms with E-state index >= 15 is 0 Å². The average Bonchev–Trinajstić information content (AvgIpc) is 2.93. The Balaban J connectivity index is 2.39. The number of rotatable bonds is 6. The summed E-state index contributed by atoms with van der Waals surface area (Å²) in [6.07, 6.45) is 3.61. The van der Waals surface area contributed by atoms with E-state index in [1.807, 2.05) is 6.92 Å². The second kappa shape index (κ2) is 6.35. The van der Waals surface area contributed by atoms with Crippen molar-refractivity contribution in [3.63, 3.8) is 0 Å². The molecule has 2 aromatic rings. The molecule has 2 atom stereocenters. The van der Waals surface area contributed by atoms with Crippen LogP contribution < -0.4 is 0 Å². The Hall–Kier alpha value is -1.43. The quantitative estimate of drug-likeness (QED) is 0.853. The van der Waals surface area contributed by atoms with Gasteiger partial charge in [0.25, 0.3) is 0 Å². The van der Waals surface area contributed by atoms with Crippen molar-refractivity contribution in [3.05, 3.63) is 47.5 Å². The molecule has 0 spiro atoms. The van der Waals surface area contributed by atoms with Crippen molar-refractivity contribution in [1.82, 2.24) is 14.8 Å². The second-order valence-electron chi connectivity index (χ2n) is 4.81. The van der Waals surface area contributed by atoms with E-state index in [0.29, 0.717) is 17.0 Å². The van der Waals surface area contributed by atoms with Gasteiger partial charge in [0.05, 0.1) is 6.54 Å². The Labute approximate surface area is 122 Å². The van der Waals surface area contributed by atoms with Crippen molar-refractivity contribution in [2.75, 3.05) is 6.61 Å². The van der Waals surface area contributed by atoms with Gasteiger partial charge in [0.15, 0.2) is 0 Å². The smallest absolute Gasteiger partial charge is 0.137 e. The van der Waals surface area contributed by atoms with Gasteiger partial charge >= 0.3 is 0 Å². The van der Waals surface area contributed by atoms with Crippen LogP contribution in [0.4, 0.5) is 0 Å². The molecule has 0 aliphatic carbocycles. The van der Waals surface area contributed by atoms with Crippen LogP contribution in [0.5, 0.6) is 0 Å². The molecule has 6 heteroatoms. The molecule has 1 aromatic carbocycles. The maximum absolute atomic E-state index is 11.1. The number of aromatic nitrogens is 3. The lowest BCUT2D eigenvalue weighted by Crippen LogP contribution is -2.41. The summed E-state index contributed by atoms with van der Waals surface area (Å²) < 4.78 is 1.56. The second-order valence-corrected chi connectivity index (χ2v) is 5.25. The topological polar surface area (TPSA) is 71.2 Å². The molecule has 0 amide bonds. The van der Waals surface area contributed by atoms with E-state index < -0.39 is 5.60 Å². The first-order chi connectivity index (χ1) is 9.60. The minimum atomic E-state index is -1.22. The summed E-state index contributed by atoms with van der Waals surface area (Å²) in [6.45, 7) is 2.06. The molecule has 108 valence electrons. The zero-order chi connectivity index (χ0) is 14.6. The predicted octanol–water partition coefficient (Wildman–Crippen LogP) is 1.84. The van der Waals surface area contributed by atoms with E-state index in [-0.39, 0.29) is 19.1 Å². The Morgan fingerprint density at radius 1 is 1.35 bits per heavy atom. The Kier molecular flexibility index (Phi) is 4.75. The van der Waals surface area contributed by atoms with Crippen LogP contribution in [0.1, 0.15) is 18.9 Å². The lowest BCUT2D eigenvalue weighted by molar-refractivity contribution is -0.0627. The number of halogens is 1. The molecule has 5 nitrogen and oxygen atoms in total. The molecular weight excluding hydrogens is 278 g/mol. The molecule has 0 bridgehead atoms. The maximum Gasteiger partial charge on any atom is 0.137 e. The van der Waals surface area contributed by atoms with Crippen molar-refractivity contribution in [2.24, 2.45) is 5.92 Å². The summed E-state index contributed by atoms with van der Waals surface area (Å²) >= 11 is 5.89. The van der Waals surface area contributed by atoms with Gasteiger partial charge in [0, 0.05) is 17.5 Å². The first-order valence-electron chi connectivity index (χ1n) is 6.52. The number of nitrogens with zero attached hydrogens (tertiary/aromatic N) is 3. The minimum absolute atomic E-state index is 0.107. The number of hydrogen-bond acceptors (Lipinski definition) is 4. The molecule has 0 radical (unpaired) electrons. The Morgan fingerprint density at radius 2 is 2.05 bits per heavy atom. The first-order valence-corrected chi connectivity index (χ1v) is 6.89. The third-order valence-electron chi connectivity index (χ3n) is 3.60. The van der Waals surface area contributed by atoms with Crippen molar-refractivity contribution in [2.45, 2.75) is 25.5 Å². The molecule has 2 unspecified atom stereocenters. The maximum atomic E-state index is 11.1. The van der Waals surface area contributed by atoms with Crippen LogP contribution in [0, 0.1) is 5.92 Å². The van der Waals surface area contributed by atoms with Crippen LogP contribution in [0.15, 0.2) is 36.9 Å². The van der Waals surface area contributed by atoms with Gasteiger partial charge in [-0.1, -0.05) is 30.7 Å². The highest BCUT2D eigenvalue weighted by atomic mass is 35.5. The highest BCUT2D eigenvalue weighted by Gasteiger charge is 2.38. The van der Waals surface area contributed by atoms with Crippen molar-refractivity contribution in [1.29, 1.82) is 0 Å². The van der Waals surface area contributed by atoms with E-state index in [1.165, 1.54) is 6.33 Å². The average molecular weight is 296 g/mol. The molecule has 20 heavy (non-hydrogen) atoms. The highest BCUT2D eigenvalue weighted by Crippen LogP contribution is 2.34. The molecule has 0 saturated carbocycles. The van der Waals surface area contributed by atoms with Crippen LogP contribution in [0.2, 0.25) is 5.02 Å². The van der Waals surface area contributed by atoms with Crippen LogP contribution in [-0.4, -0.2) is 31.6 Å². The van der Waals surface area contributed by atoms with Gasteiger partial charge in [-0.2, -0.15) is 5.10 Å². The van der Waals surface area contributed by atoms with E-state index in [9.17, 15) is 10.2 Å². The van der Waals surface area contributed by atoms with Gasteiger partial charge in [-0.25, -0.2) is 9.67 Å². The number of aliphatic hydroxyl groups excluding tert-OH is 1. The fourth-order valence-electron chi connectivity index (χ4n) is 2.37. The third kappa shape index (κ3) is 3.00. The lowest BCUT2D eigenvalue weighted by atomic mass is 9.80. The molecular formula is C14H18ClN3O2. The summed E-state index contributed by atoms with van der Waals surface area (Å²) in [5.74, 6) is -0.298. The van der Waals surface area contributed by atoms with Crippen LogP contribution in [0.3, 0.4) is 0 Å². The van der Waals surface area contributed by atoms with E-state index in [0.717, 1.165) is 0 Å². The zero-order valence-electron chi connectivity index (χ0n) is 11.3. The molecule has 0 saturated heterocycles. The van der Waals surface area contributed by atoms with E-state index in [2.05, 4.69) is 10.1 Å². The summed E-state index contributed by atoms with van der Waals surface area (Å²) in [4.78, 5) is 3.88. The molecule has 2 N–H and O–H groups in total. The van der Waals surface area contributed by atoms with Crippen LogP contribution in [-0.2, 0) is 12.1 Å². The van der Waals surface area contributed by atoms with Gasteiger partial charge in [-0.3, -0.25) is 0 Å². The predicted molar refractivity (Wildman–Crippen MR) is 76.2 cm³/mol. The molecule has 0 fully saturated rings. The van der Waals surface area contributed by atoms with Crippen molar-refractivity contribution >= 4 is 11.6 Å². The molecule has 1 heterocycles.